The van der Waals surface area contributed by atoms with Crippen molar-refractivity contribution in [3.63, 3.8) is 0 Å². The number of ether oxygens (including phenoxy) is 2. The Labute approximate surface area is 242 Å². The molecule has 0 bridgehead atoms. The van der Waals surface area contributed by atoms with E-state index >= 15 is 0 Å². The van der Waals surface area contributed by atoms with Gasteiger partial charge in [0.2, 0.25) is 0 Å². The van der Waals surface area contributed by atoms with E-state index in [-0.39, 0.29) is 33.2 Å². The summed E-state index contributed by atoms with van der Waals surface area (Å²) in [7, 11) is 0. The van der Waals surface area contributed by atoms with Crippen LogP contribution in [0.2, 0.25) is 20.1 Å². The molecule has 196 valence electrons. The summed E-state index contributed by atoms with van der Waals surface area (Å²) in [6, 6.07) is 21.0. The lowest BCUT2D eigenvalue weighted by molar-refractivity contribution is 0.0732. The van der Waals surface area contributed by atoms with Gasteiger partial charge in [-0.05, 0) is 78.9 Å². The Kier molecular flexibility index (Phi) is 9.22. The van der Waals surface area contributed by atoms with Crippen LogP contribution in [0.3, 0.4) is 0 Å². The highest BCUT2D eigenvalue weighted by Gasteiger charge is 2.15. The third-order valence-electron chi connectivity index (χ3n) is 5.11. The summed E-state index contributed by atoms with van der Waals surface area (Å²) in [5.74, 6) is -1.76. The average molecular weight is 602 g/mol. The molecule has 0 saturated carbocycles. The molecule has 0 aliphatic carbocycles. The predicted molar refractivity (Wildman–Crippen MR) is 151 cm³/mol. The monoisotopic (exact) mass is 600 g/mol. The molecule has 0 unspecified atom stereocenters. The van der Waals surface area contributed by atoms with E-state index in [0.29, 0.717) is 20.6 Å². The number of esters is 2. The van der Waals surface area contributed by atoms with E-state index < -0.39 is 17.8 Å². The van der Waals surface area contributed by atoms with Crippen molar-refractivity contribution < 1.29 is 23.9 Å². The van der Waals surface area contributed by atoms with Gasteiger partial charge in [0.1, 0.15) is 11.5 Å². The zero-order valence-electron chi connectivity index (χ0n) is 19.7. The summed E-state index contributed by atoms with van der Waals surface area (Å²) >= 11 is 23.6. The van der Waals surface area contributed by atoms with Crippen LogP contribution >= 0.6 is 46.4 Å². The first-order valence-electron chi connectivity index (χ1n) is 11.1. The van der Waals surface area contributed by atoms with Gasteiger partial charge in [0.25, 0.3) is 5.91 Å². The van der Waals surface area contributed by atoms with E-state index in [1.165, 1.54) is 66.9 Å². The Hall–Kier alpha value is -3.88. The minimum absolute atomic E-state index is 0.0175. The van der Waals surface area contributed by atoms with Crippen molar-refractivity contribution in [2.45, 2.75) is 0 Å². The number of hydrazone groups is 1. The highest BCUT2D eigenvalue weighted by Crippen LogP contribution is 2.26. The van der Waals surface area contributed by atoms with Crippen LogP contribution in [0.15, 0.2) is 90.0 Å². The molecular formula is C28H16Cl4N2O5. The molecule has 39 heavy (non-hydrogen) atoms. The fourth-order valence-corrected chi connectivity index (χ4v) is 3.68. The largest absolute Gasteiger partial charge is 0.423 e. The first-order chi connectivity index (χ1) is 18.7. The standard InChI is InChI=1S/C28H16Cl4N2O5/c29-20-7-1-16(2-8-20)27(36)38-22-11-5-19(15-33-34-26(35)18-6-12-23(31)24(32)13-18)25(14-22)39-28(37)17-3-9-21(30)10-4-17/h1-15H,(H,34,35)/b33-15+. The fraction of sp³-hybridized carbons (Fsp3) is 0. The van der Waals surface area contributed by atoms with Crippen LogP contribution in [-0.2, 0) is 0 Å². The lowest BCUT2D eigenvalue weighted by atomic mass is 10.2. The maximum absolute atomic E-state index is 12.8. The second-order valence-electron chi connectivity index (χ2n) is 7.82. The molecule has 0 aliphatic rings. The smallest absolute Gasteiger partial charge is 0.343 e. The molecule has 7 nitrogen and oxygen atoms in total. The van der Waals surface area contributed by atoms with Gasteiger partial charge in [-0.2, -0.15) is 5.10 Å². The summed E-state index contributed by atoms with van der Waals surface area (Å²) in [4.78, 5) is 37.7. The van der Waals surface area contributed by atoms with Crippen LogP contribution in [0.25, 0.3) is 0 Å². The van der Waals surface area contributed by atoms with Crippen molar-refractivity contribution in [2.24, 2.45) is 5.10 Å². The van der Waals surface area contributed by atoms with Gasteiger partial charge in [0.05, 0.1) is 27.4 Å². The first kappa shape index (κ1) is 28.1. The van der Waals surface area contributed by atoms with Gasteiger partial charge in [-0.1, -0.05) is 46.4 Å². The van der Waals surface area contributed by atoms with Crippen molar-refractivity contribution in [1.82, 2.24) is 5.43 Å². The molecule has 1 N–H and O–H groups in total. The van der Waals surface area contributed by atoms with Crippen molar-refractivity contribution >= 4 is 70.5 Å². The average Bonchev–Trinajstić information content (AvgIpc) is 2.92. The second-order valence-corrected chi connectivity index (χ2v) is 9.51. The number of nitrogens with one attached hydrogen (secondary N) is 1. The van der Waals surface area contributed by atoms with E-state index in [4.69, 9.17) is 55.9 Å². The van der Waals surface area contributed by atoms with Gasteiger partial charge < -0.3 is 9.47 Å². The number of hydrogen-bond donors (Lipinski definition) is 1. The molecule has 0 aromatic heterocycles. The molecule has 0 spiro atoms. The van der Waals surface area contributed by atoms with Crippen LogP contribution in [0, 0.1) is 0 Å². The number of rotatable bonds is 7. The van der Waals surface area contributed by atoms with Crippen LogP contribution < -0.4 is 14.9 Å². The number of nitrogens with zero attached hydrogens (tertiary/aromatic N) is 1. The van der Waals surface area contributed by atoms with Gasteiger partial charge >= 0.3 is 11.9 Å². The molecule has 0 aliphatic heterocycles. The van der Waals surface area contributed by atoms with Crippen molar-refractivity contribution in [2.75, 3.05) is 0 Å². The van der Waals surface area contributed by atoms with Crippen molar-refractivity contribution in [1.29, 1.82) is 0 Å². The highest BCUT2D eigenvalue weighted by molar-refractivity contribution is 6.42. The molecule has 11 heteroatoms. The molecule has 0 fully saturated rings. The second kappa shape index (κ2) is 12.8. The minimum Gasteiger partial charge on any atom is -0.423 e. The lowest BCUT2D eigenvalue weighted by Gasteiger charge is -2.11. The summed E-state index contributed by atoms with van der Waals surface area (Å²) in [5.41, 5.74) is 3.41. The topological polar surface area (TPSA) is 94.1 Å². The summed E-state index contributed by atoms with van der Waals surface area (Å²) in [5, 5.41) is 5.38. The van der Waals surface area contributed by atoms with Crippen molar-refractivity contribution in [3.8, 4) is 11.5 Å². The van der Waals surface area contributed by atoms with Gasteiger partial charge in [-0.3, -0.25) is 4.79 Å². The quantitative estimate of drug-likeness (QED) is 0.102. The Balaban J connectivity index is 1.56. The van der Waals surface area contributed by atoms with Crippen LogP contribution in [0.5, 0.6) is 11.5 Å². The fourth-order valence-electron chi connectivity index (χ4n) is 3.13. The first-order valence-corrected chi connectivity index (χ1v) is 12.6. The summed E-state index contributed by atoms with van der Waals surface area (Å²) in [6.45, 7) is 0. The molecule has 0 saturated heterocycles. The zero-order valence-corrected chi connectivity index (χ0v) is 22.7. The highest BCUT2D eigenvalue weighted by atomic mass is 35.5. The third-order valence-corrected chi connectivity index (χ3v) is 6.35. The van der Waals surface area contributed by atoms with Crippen LogP contribution in [0.1, 0.15) is 36.6 Å². The molecule has 4 aromatic rings. The van der Waals surface area contributed by atoms with E-state index in [1.54, 1.807) is 24.3 Å². The van der Waals surface area contributed by atoms with E-state index in [0.717, 1.165) is 0 Å². The van der Waals surface area contributed by atoms with Gasteiger partial charge in [0, 0.05) is 27.2 Å². The lowest BCUT2D eigenvalue weighted by Crippen LogP contribution is -2.17. The number of carbonyl (C=O) groups excluding carboxylic acids is 3. The number of amides is 1. The molecule has 1 amide bonds. The normalized spacial score (nSPS) is 10.8. The van der Waals surface area contributed by atoms with Crippen LogP contribution in [0.4, 0.5) is 0 Å². The van der Waals surface area contributed by atoms with Crippen molar-refractivity contribution in [3.05, 3.63) is 127 Å². The Morgan fingerprint density at radius 2 is 1.21 bits per heavy atom. The van der Waals surface area contributed by atoms with Gasteiger partial charge in [0.15, 0.2) is 0 Å². The molecule has 0 heterocycles. The Bertz CT molecular complexity index is 1570. The maximum Gasteiger partial charge on any atom is 0.343 e. The molecular weight excluding hydrogens is 586 g/mol. The Morgan fingerprint density at radius 1 is 0.641 bits per heavy atom. The van der Waals surface area contributed by atoms with E-state index in [9.17, 15) is 14.4 Å². The maximum atomic E-state index is 12.8. The number of hydrogen-bond acceptors (Lipinski definition) is 6. The minimum atomic E-state index is -0.692. The van der Waals surface area contributed by atoms with Crippen LogP contribution in [-0.4, -0.2) is 24.1 Å². The predicted octanol–water partition coefficient (Wildman–Crippen LogP) is 7.50. The Morgan fingerprint density at radius 3 is 1.79 bits per heavy atom. The zero-order chi connectivity index (χ0) is 27.9. The number of carbonyl (C=O) groups is 3. The van der Waals surface area contributed by atoms with E-state index in [1.807, 2.05) is 0 Å². The van der Waals surface area contributed by atoms with E-state index in [2.05, 4.69) is 10.5 Å². The molecule has 0 radical (unpaired) electrons. The summed E-state index contributed by atoms with van der Waals surface area (Å²) in [6.07, 6.45) is 1.27. The number of benzene rings is 4. The van der Waals surface area contributed by atoms with Gasteiger partial charge in [-0.15, -0.1) is 0 Å². The summed E-state index contributed by atoms with van der Waals surface area (Å²) < 4.78 is 11.0. The third kappa shape index (κ3) is 7.59. The molecule has 4 aromatic carbocycles. The SMILES string of the molecule is O=C(N/N=C/c1ccc(OC(=O)c2ccc(Cl)cc2)cc1OC(=O)c1ccc(Cl)cc1)c1ccc(Cl)c(Cl)c1. The van der Waals surface area contributed by atoms with Gasteiger partial charge in [-0.25, -0.2) is 15.0 Å². The molecule has 4 rings (SSSR count). The molecule has 0 atom stereocenters. The number of halogens is 4.